The maximum atomic E-state index is 6.34. The van der Waals surface area contributed by atoms with Crippen LogP contribution < -0.4 is 0 Å². The SMILES string of the molecule is CN(C)CC1CC2=C(O1)c1ccsc1Cc1ccccc12. The van der Waals surface area contributed by atoms with E-state index < -0.39 is 0 Å². The third-order valence-corrected chi connectivity index (χ3v) is 5.16. The zero-order valence-electron chi connectivity index (χ0n) is 12.4. The number of hydrogen-bond acceptors (Lipinski definition) is 3. The number of ether oxygens (including phenoxy) is 1. The molecular weight excluding hydrogens is 278 g/mol. The molecule has 1 unspecified atom stereocenters. The fourth-order valence-electron chi connectivity index (χ4n) is 3.39. The highest BCUT2D eigenvalue weighted by Gasteiger charge is 2.32. The predicted molar refractivity (Wildman–Crippen MR) is 88.4 cm³/mol. The van der Waals surface area contributed by atoms with Crippen molar-refractivity contribution in [1.29, 1.82) is 0 Å². The van der Waals surface area contributed by atoms with Crippen LogP contribution in [0.1, 0.15) is 28.0 Å². The van der Waals surface area contributed by atoms with Crippen LogP contribution in [0.15, 0.2) is 35.7 Å². The molecule has 21 heavy (non-hydrogen) atoms. The summed E-state index contributed by atoms with van der Waals surface area (Å²) in [5.41, 5.74) is 5.53. The van der Waals surface area contributed by atoms with Gasteiger partial charge in [0, 0.05) is 35.4 Å². The zero-order chi connectivity index (χ0) is 14.4. The lowest BCUT2D eigenvalue weighted by molar-refractivity contribution is 0.152. The fourth-order valence-corrected chi connectivity index (χ4v) is 4.28. The van der Waals surface area contributed by atoms with Gasteiger partial charge in [-0.25, -0.2) is 0 Å². The van der Waals surface area contributed by atoms with Crippen LogP contribution in [0.2, 0.25) is 0 Å². The lowest BCUT2D eigenvalue weighted by Gasteiger charge is -2.18. The molecule has 0 fully saturated rings. The molecule has 108 valence electrons. The number of nitrogens with zero attached hydrogens (tertiary/aromatic N) is 1. The number of hydrogen-bond donors (Lipinski definition) is 0. The predicted octanol–water partition coefficient (Wildman–Crippen LogP) is 3.87. The average molecular weight is 297 g/mol. The Morgan fingerprint density at radius 2 is 2.05 bits per heavy atom. The molecule has 0 saturated carbocycles. The van der Waals surface area contributed by atoms with Gasteiger partial charge in [0.05, 0.1) is 0 Å². The minimum atomic E-state index is 0.268. The Balaban J connectivity index is 1.82. The van der Waals surface area contributed by atoms with Gasteiger partial charge in [-0.15, -0.1) is 11.3 Å². The summed E-state index contributed by atoms with van der Waals surface area (Å²) in [4.78, 5) is 3.63. The van der Waals surface area contributed by atoms with E-state index in [4.69, 9.17) is 4.74 Å². The number of benzene rings is 1. The number of rotatable bonds is 2. The smallest absolute Gasteiger partial charge is 0.132 e. The van der Waals surface area contributed by atoms with Crippen molar-refractivity contribution in [2.24, 2.45) is 0 Å². The van der Waals surface area contributed by atoms with Gasteiger partial charge in [0.15, 0.2) is 0 Å². The summed E-state index contributed by atoms with van der Waals surface area (Å²) in [5, 5.41) is 2.19. The van der Waals surface area contributed by atoms with Crippen molar-refractivity contribution in [3.8, 4) is 0 Å². The Hall–Kier alpha value is -1.58. The molecule has 0 bridgehead atoms. The summed E-state index contributed by atoms with van der Waals surface area (Å²) in [7, 11) is 4.22. The lowest BCUT2D eigenvalue weighted by atomic mass is 9.96. The molecule has 0 radical (unpaired) electrons. The third kappa shape index (κ3) is 2.21. The van der Waals surface area contributed by atoms with E-state index in [-0.39, 0.29) is 6.10 Å². The summed E-state index contributed by atoms with van der Waals surface area (Å²) in [6.45, 7) is 0.967. The average Bonchev–Trinajstić information content (AvgIpc) is 3.03. The van der Waals surface area contributed by atoms with Gasteiger partial charge in [-0.2, -0.15) is 0 Å². The van der Waals surface area contributed by atoms with E-state index in [1.807, 2.05) is 11.3 Å². The normalized spacial score (nSPS) is 19.9. The minimum Gasteiger partial charge on any atom is -0.488 e. The van der Waals surface area contributed by atoms with Crippen molar-refractivity contribution in [3.63, 3.8) is 0 Å². The third-order valence-electron chi connectivity index (χ3n) is 4.24. The Morgan fingerprint density at radius 1 is 1.19 bits per heavy atom. The van der Waals surface area contributed by atoms with Gasteiger partial charge in [-0.05, 0) is 36.7 Å². The van der Waals surface area contributed by atoms with Crippen molar-refractivity contribution in [3.05, 3.63) is 57.3 Å². The van der Waals surface area contributed by atoms with Crippen molar-refractivity contribution < 1.29 is 4.74 Å². The molecule has 4 rings (SSSR count). The number of thiophene rings is 1. The summed E-state index contributed by atoms with van der Waals surface area (Å²) < 4.78 is 6.34. The van der Waals surface area contributed by atoms with Crippen molar-refractivity contribution in [2.75, 3.05) is 20.6 Å². The van der Waals surface area contributed by atoms with Crippen molar-refractivity contribution in [1.82, 2.24) is 4.90 Å². The van der Waals surface area contributed by atoms with Gasteiger partial charge >= 0.3 is 0 Å². The summed E-state index contributed by atoms with van der Waals surface area (Å²) in [6, 6.07) is 11.0. The standard InChI is InChI=1S/C18H19NOS/c1-19(2)11-13-10-16-14-6-4-3-5-12(14)9-17-15(7-8-21-17)18(16)20-13/h3-8,13H,9-11H2,1-2H3. The van der Waals surface area contributed by atoms with Gasteiger partial charge in [-0.1, -0.05) is 24.3 Å². The molecule has 2 aromatic rings. The molecule has 2 nitrogen and oxygen atoms in total. The first kappa shape index (κ1) is 13.1. The Morgan fingerprint density at radius 3 is 2.90 bits per heavy atom. The highest BCUT2D eigenvalue weighted by molar-refractivity contribution is 7.10. The van der Waals surface area contributed by atoms with E-state index in [0.717, 1.165) is 25.1 Å². The maximum absolute atomic E-state index is 6.34. The molecule has 0 spiro atoms. The molecule has 1 aliphatic carbocycles. The first-order chi connectivity index (χ1) is 10.2. The Bertz CT molecular complexity index is 714. The fraction of sp³-hybridized carbons (Fsp3) is 0.333. The zero-order valence-corrected chi connectivity index (χ0v) is 13.2. The number of likely N-dealkylation sites (N-methyl/N-ethyl adjacent to an activating group) is 1. The molecule has 3 heteroatoms. The van der Waals surface area contributed by atoms with E-state index in [1.165, 1.54) is 27.1 Å². The maximum Gasteiger partial charge on any atom is 0.132 e. The van der Waals surface area contributed by atoms with Gasteiger partial charge in [0.2, 0.25) is 0 Å². The van der Waals surface area contributed by atoms with E-state index in [9.17, 15) is 0 Å². The van der Waals surface area contributed by atoms with Gasteiger partial charge < -0.3 is 9.64 Å². The second kappa shape index (κ2) is 5.00. The minimum absolute atomic E-state index is 0.268. The van der Waals surface area contributed by atoms with Crippen LogP contribution >= 0.6 is 11.3 Å². The quantitative estimate of drug-likeness (QED) is 0.834. The van der Waals surface area contributed by atoms with Gasteiger partial charge in [-0.3, -0.25) is 0 Å². The first-order valence-electron chi connectivity index (χ1n) is 7.42. The van der Waals surface area contributed by atoms with E-state index in [0.29, 0.717) is 0 Å². The summed E-state index contributed by atoms with van der Waals surface area (Å²) in [6.07, 6.45) is 2.31. The first-order valence-corrected chi connectivity index (χ1v) is 8.30. The monoisotopic (exact) mass is 297 g/mol. The molecule has 1 atom stereocenters. The summed E-state index contributed by atoms with van der Waals surface area (Å²) in [5.74, 6) is 1.13. The molecule has 0 N–H and O–H groups in total. The van der Waals surface area contributed by atoms with Gasteiger partial charge in [0.1, 0.15) is 11.9 Å². The van der Waals surface area contributed by atoms with Crippen LogP contribution in [0.3, 0.4) is 0 Å². The second-order valence-electron chi connectivity index (χ2n) is 6.11. The summed E-state index contributed by atoms with van der Waals surface area (Å²) >= 11 is 1.84. The second-order valence-corrected chi connectivity index (χ2v) is 7.11. The van der Waals surface area contributed by atoms with Crippen LogP contribution in [0, 0.1) is 0 Å². The Labute approximate surface area is 129 Å². The molecule has 1 aromatic carbocycles. The molecule has 0 saturated heterocycles. The molecule has 2 heterocycles. The molecule has 1 aliphatic heterocycles. The van der Waals surface area contributed by atoms with E-state index in [1.54, 1.807) is 0 Å². The van der Waals surface area contributed by atoms with Crippen LogP contribution in [0.5, 0.6) is 0 Å². The van der Waals surface area contributed by atoms with Crippen LogP contribution in [0.4, 0.5) is 0 Å². The van der Waals surface area contributed by atoms with Crippen LogP contribution in [-0.4, -0.2) is 31.6 Å². The van der Waals surface area contributed by atoms with Crippen LogP contribution in [-0.2, 0) is 11.2 Å². The van der Waals surface area contributed by atoms with Crippen molar-refractivity contribution >= 4 is 22.7 Å². The van der Waals surface area contributed by atoms with E-state index >= 15 is 0 Å². The van der Waals surface area contributed by atoms with Gasteiger partial charge in [0.25, 0.3) is 0 Å². The Kier molecular flexibility index (Phi) is 3.12. The molecule has 2 aliphatic rings. The highest BCUT2D eigenvalue weighted by Crippen LogP contribution is 2.45. The van der Waals surface area contributed by atoms with E-state index in [2.05, 4.69) is 54.7 Å². The largest absolute Gasteiger partial charge is 0.488 e. The molecule has 1 aromatic heterocycles. The number of fused-ring (bicyclic) bond motifs is 4. The highest BCUT2D eigenvalue weighted by atomic mass is 32.1. The topological polar surface area (TPSA) is 12.5 Å². The molecule has 0 amide bonds. The lowest BCUT2D eigenvalue weighted by Crippen LogP contribution is -2.25. The van der Waals surface area contributed by atoms with Crippen LogP contribution in [0.25, 0.3) is 11.3 Å². The molecular formula is C18H19NOS. The van der Waals surface area contributed by atoms with Crippen molar-refractivity contribution in [2.45, 2.75) is 18.9 Å².